The summed E-state index contributed by atoms with van der Waals surface area (Å²) in [5.41, 5.74) is 0.888. The van der Waals surface area contributed by atoms with Gasteiger partial charge in [-0.25, -0.2) is 9.37 Å². The predicted octanol–water partition coefficient (Wildman–Crippen LogP) is 2.63. The third-order valence-corrected chi connectivity index (χ3v) is 3.16. The van der Waals surface area contributed by atoms with Gasteiger partial charge >= 0.3 is 0 Å². The molecule has 0 saturated heterocycles. The summed E-state index contributed by atoms with van der Waals surface area (Å²) in [5.74, 6) is 0.601. The Balaban J connectivity index is 1.87. The maximum Gasteiger partial charge on any atom is 0.220 e. The van der Waals surface area contributed by atoms with E-state index in [1.54, 1.807) is 12.3 Å². The number of hydrogen-bond donors (Lipinski definition) is 2. The minimum absolute atomic E-state index is 0.0121. The minimum Gasteiger partial charge on any atom is -0.439 e. The van der Waals surface area contributed by atoms with Gasteiger partial charge in [0.2, 0.25) is 11.8 Å². The van der Waals surface area contributed by atoms with Crippen LogP contribution >= 0.6 is 0 Å². The fourth-order valence-corrected chi connectivity index (χ4v) is 1.95. The van der Waals surface area contributed by atoms with Crippen LogP contribution in [-0.2, 0) is 11.3 Å². The van der Waals surface area contributed by atoms with Gasteiger partial charge in [-0.15, -0.1) is 0 Å². The quantitative estimate of drug-likeness (QED) is 0.735. The number of rotatable bonds is 8. The second kappa shape index (κ2) is 8.85. The zero-order valence-electron chi connectivity index (χ0n) is 13.0. The van der Waals surface area contributed by atoms with Crippen LogP contribution in [0, 0.1) is 5.82 Å². The van der Waals surface area contributed by atoms with Gasteiger partial charge in [0.05, 0.1) is 0 Å². The van der Waals surface area contributed by atoms with Crippen molar-refractivity contribution >= 4 is 5.91 Å². The van der Waals surface area contributed by atoms with Gasteiger partial charge < -0.3 is 15.4 Å². The smallest absolute Gasteiger partial charge is 0.220 e. The van der Waals surface area contributed by atoms with Gasteiger partial charge in [-0.2, -0.15) is 0 Å². The van der Waals surface area contributed by atoms with Crippen LogP contribution in [0.4, 0.5) is 4.39 Å². The molecule has 0 radical (unpaired) electrons. The first-order valence-corrected chi connectivity index (χ1v) is 7.47. The van der Waals surface area contributed by atoms with Crippen LogP contribution in [0.25, 0.3) is 0 Å². The van der Waals surface area contributed by atoms with E-state index < -0.39 is 0 Å². The number of halogens is 1. The third-order valence-electron chi connectivity index (χ3n) is 3.16. The van der Waals surface area contributed by atoms with Gasteiger partial charge in [-0.3, -0.25) is 4.79 Å². The molecule has 0 fully saturated rings. The van der Waals surface area contributed by atoms with Crippen molar-refractivity contribution in [2.45, 2.75) is 19.4 Å². The molecule has 0 spiro atoms. The number of nitrogens with zero attached hydrogens (tertiary/aromatic N) is 1. The summed E-state index contributed by atoms with van der Waals surface area (Å²) in [7, 11) is 1.86. The van der Waals surface area contributed by atoms with E-state index in [-0.39, 0.29) is 11.7 Å². The van der Waals surface area contributed by atoms with Crippen molar-refractivity contribution in [1.29, 1.82) is 0 Å². The summed E-state index contributed by atoms with van der Waals surface area (Å²) in [5, 5.41) is 5.86. The van der Waals surface area contributed by atoms with Crippen LogP contribution in [0.2, 0.25) is 0 Å². The van der Waals surface area contributed by atoms with E-state index in [2.05, 4.69) is 15.6 Å². The van der Waals surface area contributed by atoms with E-state index in [1.807, 2.05) is 13.1 Å². The summed E-state index contributed by atoms with van der Waals surface area (Å²) in [6.45, 7) is 1.24. The molecule has 6 heteroatoms. The summed E-state index contributed by atoms with van der Waals surface area (Å²) < 4.78 is 18.4. The molecule has 0 aliphatic rings. The molecular weight excluding hydrogens is 297 g/mol. The predicted molar refractivity (Wildman–Crippen MR) is 85.7 cm³/mol. The van der Waals surface area contributed by atoms with Crippen LogP contribution < -0.4 is 15.4 Å². The van der Waals surface area contributed by atoms with Gasteiger partial charge in [0.15, 0.2) is 0 Å². The van der Waals surface area contributed by atoms with Gasteiger partial charge in [0.25, 0.3) is 0 Å². The van der Waals surface area contributed by atoms with E-state index >= 15 is 0 Å². The lowest BCUT2D eigenvalue weighted by Crippen LogP contribution is -2.23. The van der Waals surface area contributed by atoms with Gasteiger partial charge in [-0.1, -0.05) is 0 Å². The minimum atomic E-state index is -0.319. The topological polar surface area (TPSA) is 63.2 Å². The number of carbonyl (C=O) groups is 1. The van der Waals surface area contributed by atoms with Crippen LogP contribution in [0.1, 0.15) is 18.4 Å². The maximum absolute atomic E-state index is 12.9. The van der Waals surface area contributed by atoms with Crippen molar-refractivity contribution in [2.24, 2.45) is 0 Å². The molecule has 0 atom stereocenters. The Kier molecular flexibility index (Phi) is 6.50. The molecule has 2 N–H and O–H groups in total. The molecule has 0 aliphatic carbocycles. The number of aromatic nitrogens is 1. The molecule has 1 amide bonds. The number of pyridine rings is 1. The van der Waals surface area contributed by atoms with Crippen molar-refractivity contribution in [1.82, 2.24) is 15.6 Å². The molecule has 122 valence electrons. The third kappa shape index (κ3) is 6.04. The normalized spacial score (nSPS) is 10.3. The fourth-order valence-electron chi connectivity index (χ4n) is 1.95. The molecule has 0 aliphatic heterocycles. The monoisotopic (exact) mass is 317 g/mol. The number of benzene rings is 1. The molecule has 1 aromatic heterocycles. The van der Waals surface area contributed by atoms with Crippen molar-refractivity contribution in [2.75, 3.05) is 13.6 Å². The zero-order chi connectivity index (χ0) is 16.5. The summed E-state index contributed by atoms with van der Waals surface area (Å²) >= 11 is 0. The highest BCUT2D eigenvalue weighted by molar-refractivity contribution is 5.75. The lowest BCUT2D eigenvalue weighted by molar-refractivity contribution is -0.121. The van der Waals surface area contributed by atoms with E-state index in [9.17, 15) is 9.18 Å². The lowest BCUT2D eigenvalue weighted by Gasteiger charge is -2.08. The summed E-state index contributed by atoms with van der Waals surface area (Å²) in [4.78, 5) is 15.8. The molecule has 2 aromatic rings. The Labute approximate surface area is 134 Å². The molecule has 23 heavy (non-hydrogen) atoms. The highest BCUT2D eigenvalue weighted by atomic mass is 19.1. The second-order valence-corrected chi connectivity index (χ2v) is 5.04. The van der Waals surface area contributed by atoms with E-state index in [0.717, 1.165) is 18.5 Å². The Morgan fingerprint density at radius 1 is 1.26 bits per heavy atom. The average Bonchev–Trinajstić information content (AvgIpc) is 2.56. The van der Waals surface area contributed by atoms with Crippen LogP contribution in [-0.4, -0.2) is 24.5 Å². The largest absolute Gasteiger partial charge is 0.439 e. The van der Waals surface area contributed by atoms with Gasteiger partial charge in [0, 0.05) is 25.2 Å². The van der Waals surface area contributed by atoms with Crippen LogP contribution in [0.15, 0.2) is 42.6 Å². The summed E-state index contributed by atoms with van der Waals surface area (Å²) in [6, 6.07) is 9.28. The van der Waals surface area contributed by atoms with Gasteiger partial charge in [-0.05, 0) is 55.9 Å². The highest BCUT2D eigenvalue weighted by Crippen LogP contribution is 2.20. The number of nitrogens with one attached hydrogen (secondary N) is 2. The molecular formula is C17H20FN3O2. The molecule has 0 saturated carbocycles. The Morgan fingerprint density at radius 2 is 2.04 bits per heavy atom. The van der Waals surface area contributed by atoms with Crippen molar-refractivity contribution in [3.63, 3.8) is 0 Å². The zero-order valence-corrected chi connectivity index (χ0v) is 13.0. The van der Waals surface area contributed by atoms with Crippen molar-refractivity contribution in [3.05, 3.63) is 54.0 Å². The number of ether oxygens (including phenoxy) is 1. The number of hydrogen-bond acceptors (Lipinski definition) is 4. The number of carbonyl (C=O) groups excluding carboxylic acids is 1. The average molecular weight is 317 g/mol. The molecule has 1 heterocycles. The standard InChI is InChI=1S/C17H20FN3O2/c1-19-9-2-3-16(22)21-12-13-8-10-20-17(11-13)23-15-6-4-14(18)5-7-15/h4-8,10-11,19H,2-3,9,12H2,1H3,(H,21,22). The maximum atomic E-state index is 12.9. The van der Waals surface area contributed by atoms with E-state index in [0.29, 0.717) is 24.6 Å². The number of amides is 1. The van der Waals surface area contributed by atoms with Crippen LogP contribution in [0.5, 0.6) is 11.6 Å². The Bertz CT molecular complexity index is 632. The van der Waals surface area contributed by atoms with E-state index in [4.69, 9.17) is 4.74 Å². The SMILES string of the molecule is CNCCCC(=O)NCc1ccnc(Oc2ccc(F)cc2)c1. The van der Waals surface area contributed by atoms with Crippen molar-refractivity contribution in [3.8, 4) is 11.6 Å². The fraction of sp³-hybridized carbons (Fsp3) is 0.294. The van der Waals surface area contributed by atoms with Gasteiger partial charge in [0.1, 0.15) is 11.6 Å². The second-order valence-electron chi connectivity index (χ2n) is 5.04. The van der Waals surface area contributed by atoms with Crippen LogP contribution in [0.3, 0.4) is 0 Å². The molecule has 1 aromatic carbocycles. The summed E-state index contributed by atoms with van der Waals surface area (Å²) in [6.07, 6.45) is 2.91. The lowest BCUT2D eigenvalue weighted by atomic mass is 10.2. The van der Waals surface area contributed by atoms with Crippen molar-refractivity contribution < 1.29 is 13.9 Å². The first-order chi connectivity index (χ1) is 11.2. The van der Waals surface area contributed by atoms with E-state index in [1.165, 1.54) is 24.3 Å². The Morgan fingerprint density at radius 3 is 2.78 bits per heavy atom. The molecule has 0 bridgehead atoms. The Hall–Kier alpha value is -2.47. The first kappa shape index (κ1) is 16.9. The molecule has 0 unspecified atom stereocenters. The molecule has 2 rings (SSSR count). The molecule has 5 nitrogen and oxygen atoms in total. The highest BCUT2D eigenvalue weighted by Gasteiger charge is 2.04. The first-order valence-electron chi connectivity index (χ1n) is 7.47.